The van der Waals surface area contributed by atoms with Crippen molar-refractivity contribution < 1.29 is 44.1 Å². The lowest BCUT2D eigenvalue weighted by Gasteiger charge is -2.65. The average molecular weight is 583 g/mol. The van der Waals surface area contributed by atoms with E-state index in [4.69, 9.17) is 0 Å². The number of phenols is 1. The Balaban J connectivity index is 1.95. The lowest BCUT2D eigenvalue weighted by Crippen LogP contribution is -2.81. The molecule has 4 rings (SSSR count). The third kappa shape index (κ3) is 3.95. The largest absolute Gasteiger partial charge is 0.507 e. The molecule has 1 aromatic rings. The molecule has 2 fully saturated rings. The van der Waals surface area contributed by atoms with Crippen LogP contribution < -0.4 is 0 Å². The number of aromatic hydroxyl groups is 1. The number of aliphatic hydroxyl groups excluding tert-OH is 1. The normalized spacial score (nSPS) is 36.4. The Labute approximate surface area is 246 Å². The molecule has 0 spiro atoms. The van der Waals surface area contributed by atoms with E-state index in [9.17, 15) is 44.1 Å². The van der Waals surface area contributed by atoms with Crippen LogP contribution in [0.5, 0.6) is 5.75 Å². The number of fused-ring (bicyclic) bond motifs is 3. The first-order chi connectivity index (χ1) is 19.1. The Morgan fingerprint density at radius 3 is 2.10 bits per heavy atom. The summed E-state index contributed by atoms with van der Waals surface area (Å²) in [5, 5.41) is 35.6. The summed E-state index contributed by atoms with van der Waals surface area (Å²) in [6, 6.07) is 3.15. The van der Waals surface area contributed by atoms with Crippen molar-refractivity contribution in [1.29, 1.82) is 0 Å². The highest BCUT2D eigenvalue weighted by molar-refractivity contribution is 6.33. The molecular weight excluding hydrogens is 540 g/mol. The van der Waals surface area contributed by atoms with Crippen LogP contribution >= 0.6 is 0 Å². The quantitative estimate of drug-likeness (QED) is 0.443. The molecule has 3 aliphatic rings. The number of hydrogen-bond acceptors (Lipinski definition) is 9. The second kappa shape index (κ2) is 9.74. The standard InChI is InChI=1S/C33H42O9/c1-14(2)22-25(37)20(16(4)34)27(39)33(42)28(40)23-26(38)21-19(15(3)31(23,8)29(41)32(22,33)9)11-10-17(24(21)36)12-18(35)13-30(5,6)7/h10-11,14-15,20,22-23,29,36,41-42H,12-13H2,1-9H3/t15-,20?,22?,23?,29-,31+,32+,33+/m1/s1. The van der Waals surface area contributed by atoms with Gasteiger partial charge in [0.25, 0.3) is 0 Å². The third-order valence-corrected chi connectivity index (χ3v) is 10.4. The summed E-state index contributed by atoms with van der Waals surface area (Å²) in [5.74, 6) is -11.9. The van der Waals surface area contributed by atoms with Crippen molar-refractivity contribution in [3.05, 3.63) is 28.8 Å². The number of rotatable bonds is 5. The van der Waals surface area contributed by atoms with Crippen molar-refractivity contribution in [3.63, 3.8) is 0 Å². The van der Waals surface area contributed by atoms with Crippen LogP contribution in [0.4, 0.5) is 0 Å². The van der Waals surface area contributed by atoms with Crippen LogP contribution in [-0.2, 0) is 30.4 Å². The lowest BCUT2D eigenvalue weighted by atomic mass is 9.37. The molecule has 8 atom stereocenters. The highest BCUT2D eigenvalue weighted by Gasteiger charge is 2.80. The molecule has 3 N–H and O–H groups in total. The van der Waals surface area contributed by atoms with Gasteiger partial charge in [-0.3, -0.25) is 28.8 Å². The van der Waals surface area contributed by atoms with E-state index in [-0.39, 0.29) is 35.2 Å². The van der Waals surface area contributed by atoms with Gasteiger partial charge in [0.15, 0.2) is 28.7 Å². The van der Waals surface area contributed by atoms with Crippen LogP contribution in [0.2, 0.25) is 0 Å². The first-order valence-electron chi connectivity index (χ1n) is 14.5. The Morgan fingerprint density at radius 1 is 1.02 bits per heavy atom. The molecule has 42 heavy (non-hydrogen) atoms. The molecule has 2 saturated carbocycles. The Bertz CT molecular complexity index is 1430. The fourth-order valence-corrected chi connectivity index (χ4v) is 8.41. The summed E-state index contributed by atoms with van der Waals surface area (Å²) < 4.78 is 0. The third-order valence-electron chi connectivity index (χ3n) is 10.4. The molecule has 0 saturated heterocycles. The summed E-state index contributed by atoms with van der Waals surface area (Å²) in [7, 11) is 0. The van der Waals surface area contributed by atoms with Crippen molar-refractivity contribution in [1.82, 2.24) is 0 Å². The highest BCUT2D eigenvalue weighted by atomic mass is 16.3. The van der Waals surface area contributed by atoms with E-state index in [1.54, 1.807) is 32.9 Å². The number of aliphatic hydroxyl groups is 2. The number of carbonyl (C=O) groups is 6. The zero-order valence-corrected chi connectivity index (χ0v) is 25.8. The van der Waals surface area contributed by atoms with E-state index in [0.717, 1.165) is 6.92 Å². The van der Waals surface area contributed by atoms with Crippen molar-refractivity contribution in [2.24, 2.45) is 39.9 Å². The van der Waals surface area contributed by atoms with Crippen LogP contribution in [-0.4, -0.2) is 61.7 Å². The number of benzene rings is 1. The maximum absolute atomic E-state index is 14.5. The molecule has 228 valence electrons. The van der Waals surface area contributed by atoms with Crippen LogP contribution in [0.25, 0.3) is 0 Å². The van der Waals surface area contributed by atoms with Gasteiger partial charge in [0.05, 0.1) is 17.6 Å². The summed E-state index contributed by atoms with van der Waals surface area (Å²) in [4.78, 5) is 81.4. The minimum Gasteiger partial charge on any atom is -0.507 e. The second-order valence-corrected chi connectivity index (χ2v) is 14.7. The van der Waals surface area contributed by atoms with Crippen LogP contribution in [0.15, 0.2) is 12.1 Å². The van der Waals surface area contributed by atoms with Gasteiger partial charge in [-0.25, -0.2) is 0 Å². The predicted molar refractivity (Wildman–Crippen MR) is 152 cm³/mol. The zero-order valence-electron chi connectivity index (χ0n) is 25.8. The van der Waals surface area contributed by atoms with E-state index in [1.165, 1.54) is 13.8 Å². The van der Waals surface area contributed by atoms with Gasteiger partial charge in [-0.05, 0) is 29.7 Å². The Kier molecular flexibility index (Phi) is 7.40. The average Bonchev–Trinajstić information content (AvgIpc) is 2.84. The smallest absolute Gasteiger partial charge is 0.191 e. The summed E-state index contributed by atoms with van der Waals surface area (Å²) >= 11 is 0. The molecular formula is C33H42O9. The first kappa shape index (κ1) is 31.9. The van der Waals surface area contributed by atoms with Crippen molar-refractivity contribution in [2.45, 2.75) is 92.8 Å². The van der Waals surface area contributed by atoms with Gasteiger partial charge in [-0.1, -0.05) is 67.5 Å². The van der Waals surface area contributed by atoms with Crippen molar-refractivity contribution in [2.75, 3.05) is 0 Å². The predicted octanol–water partition coefficient (Wildman–Crippen LogP) is 3.17. The molecule has 0 amide bonds. The molecule has 1 aromatic carbocycles. The van der Waals surface area contributed by atoms with Crippen molar-refractivity contribution in [3.8, 4) is 5.75 Å². The molecule has 0 radical (unpaired) electrons. The minimum atomic E-state index is -3.02. The van der Waals surface area contributed by atoms with E-state index < -0.39 is 86.8 Å². The van der Waals surface area contributed by atoms with E-state index in [2.05, 4.69) is 0 Å². The van der Waals surface area contributed by atoms with Crippen LogP contribution in [0, 0.1) is 39.9 Å². The minimum absolute atomic E-state index is 0.143. The molecule has 0 aliphatic heterocycles. The Hall–Kier alpha value is -3.04. The molecule has 9 nitrogen and oxygen atoms in total. The van der Waals surface area contributed by atoms with Gasteiger partial charge in [-0.15, -0.1) is 0 Å². The highest BCUT2D eigenvalue weighted by Crippen LogP contribution is 2.66. The molecule has 0 aromatic heterocycles. The SMILES string of the molecule is CC(=O)C1C(=O)C(C(C)C)[C@@]2(C)[C@H](O)[C@]3(C)C(C(=O)c4c(ccc(CC(=O)CC(C)(C)C)c4O)[C@H]3C)C(=O)[C@@]2(O)C1=O. The fourth-order valence-electron chi connectivity index (χ4n) is 8.41. The van der Waals surface area contributed by atoms with Gasteiger partial charge in [0.2, 0.25) is 0 Å². The lowest BCUT2D eigenvalue weighted by molar-refractivity contribution is -0.240. The second-order valence-electron chi connectivity index (χ2n) is 14.7. The Morgan fingerprint density at radius 2 is 1.60 bits per heavy atom. The molecule has 9 heteroatoms. The van der Waals surface area contributed by atoms with Gasteiger partial charge >= 0.3 is 0 Å². The van der Waals surface area contributed by atoms with Gasteiger partial charge < -0.3 is 15.3 Å². The number of hydrogen-bond donors (Lipinski definition) is 3. The van der Waals surface area contributed by atoms with Gasteiger partial charge in [-0.2, -0.15) is 0 Å². The zero-order chi connectivity index (χ0) is 32.1. The maximum Gasteiger partial charge on any atom is 0.191 e. The molecule has 0 heterocycles. The summed E-state index contributed by atoms with van der Waals surface area (Å²) in [6.07, 6.45) is -1.62. The van der Waals surface area contributed by atoms with E-state index in [0.29, 0.717) is 5.56 Å². The van der Waals surface area contributed by atoms with Crippen LogP contribution in [0.3, 0.4) is 0 Å². The summed E-state index contributed by atoms with van der Waals surface area (Å²) in [5.41, 5.74) is -6.58. The molecule has 0 bridgehead atoms. The van der Waals surface area contributed by atoms with E-state index >= 15 is 0 Å². The topological polar surface area (TPSA) is 163 Å². The number of ketones is 6. The number of carbonyl (C=O) groups excluding carboxylic acids is 6. The van der Waals surface area contributed by atoms with Gasteiger partial charge in [0.1, 0.15) is 23.2 Å². The van der Waals surface area contributed by atoms with E-state index in [1.807, 2.05) is 20.8 Å². The van der Waals surface area contributed by atoms with Crippen LogP contribution in [0.1, 0.15) is 96.1 Å². The molecule has 3 aliphatic carbocycles. The summed E-state index contributed by atoms with van der Waals surface area (Å²) in [6.45, 7) is 14.6. The first-order valence-corrected chi connectivity index (χ1v) is 14.5. The number of phenolic OH excluding ortho intramolecular Hbond substituents is 1. The molecule has 3 unspecified atom stereocenters. The maximum atomic E-state index is 14.5. The fraction of sp³-hybridized carbons (Fsp3) is 0.636. The van der Waals surface area contributed by atoms with Gasteiger partial charge in [0, 0.05) is 35.2 Å². The monoisotopic (exact) mass is 582 g/mol. The number of Topliss-reactive ketones (excluding diaryl/α,β-unsaturated/α-hetero) is 6. The van der Waals surface area contributed by atoms with Crippen molar-refractivity contribution >= 4 is 34.7 Å².